The van der Waals surface area contributed by atoms with Gasteiger partial charge >= 0.3 is 0 Å². The number of allylic oxidation sites excluding steroid dienone is 4. The average Bonchev–Trinajstić information content (AvgIpc) is 3.53. The molecule has 3 atom stereocenters. The molecule has 2 aliphatic carbocycles. The molecule has 0 radical (unpaired) electrons. The number of aliphatic hydroxyl groups is 1. The summed E-state index contributed by atoms with van der Waals surface area (Å²) in [5, 5.41) is 12.0. The van der Waals surface area contributed by atoms with Crippen molar-refractivity contribution in [2.75, 3.05) is 6.61 Å². The molecule has 1 fully saturated rings. The van der Waals surface area contributed by atoms with E-state index in [1.54, 1.807) is 12.2 Å². The van der Waals surface area contributed by atoms with Gasteiger partial charge in [0, 0.05) is 12.0 Å². The van der Waals surface area contributed by atoms with Gasteiger partial charge in [0.05, 0.1) is 0 Å². The molecule has 1 saturated carbocycles. The number of hydrogen-bond donors (Lipinski definition) is 2. The largest absolute Gasteiger partial charge is 0.424 e. The van der Waals surface area contributed by atoms with E-state index in [4.69, 9.17) is 0 Å². The molecule has 2 aromatic rings. The Morgan fingerprint density at radius 2 is 1.61 bits per heavy atom. The molecule has 2 aliphatic rings. The first-order chi connectivity index (χ1) is 14.8. The molecule has 164 valence electrons. The first-order valence-electron chi connectivity index (χ1n) is 11.3. The molecule has 0 saturated heterocycles. The molecule has 4 rings (SSSR count). The fourth-order valence-corrected chi connectivity index (χ4v) is 9.35. The second-order valence-electron chi connectivity index (χ2n) is 9.95. The molecule has 0 aliphatic heterocycles. The maximum absolute atomic E-state index is 13.4. The van der Waals surface area contributed by atoms with Gasteiger partial charge in [-0.15, -0.1) is 0 Å². The topological polar surface area (TPSA) is 40.5 Å². The molecule has 2 nitrogen and oxygen atoms in total. The minimum Gasteiger partial charge on any atom is -0.424 e. The van der Waals surface area contributed by atoms with E-state index in [-0.39, 0.29) is 28.8 Å². The monoisotopic (exact) mass is 436 g/mol. The molecule has 2 N–H and O–H groups in total. The smallest absolute Gasteiger partial charge is 0.258 e. The van der Waals surface area contributed by atoms with Gasteiger partial charge in [-0.25, -0.2) is 4.39 Å². The van der Waals surface area contributed by atoms with Crippen molar-refractivity contribution in [3.63, 3.8) is 0 Å². The summed E-state index contributed by atoms with van der Waals surface area (Å²) in [6.45, 7) is 4.53. The zero-order valence-corrected chi connectivity index (χ0v) is 19.5. The molecule has 4 heteroatoms. The summed E-state index contributed by atoms with van der Waals surface area (Å²) in [5.41, 5.74) is -0.136. The molecule has 2 aromatic carbocycles. The lowest BCUT2D eigenvalue weighted by Gasteiger charge is -2.41. The molecule has 31 heavy (non-hydrogen) atoms. The molecule has 0 heterocycles. The minimum absolute atomic E-state index is 0.136. The molecule has 0 bridgehead atoms. The SMILES string of the molecule is CC(C)(CC[C@@H]1C[C@@]1(CO)C1C=CC(F)=CC1)[Si](O)(c1ccccc1)c1ccccc1. The van der Waals surface area contributed by atoms with Crippen molar-refractivity contribution in [2.45, 2.75) is 44.6 Å². The van der Waals surface area contributed by atoms with Gasteiger partial charge in [-0.05, 0) is 65.1 Å². The van der Waals surface area contributed by atoms with Crippen LogP contribution in [0.3, 0.4) is 0 Å². The predicted molar refractivity (Wildman–Crippen MR) is 127 cm³/mol. The van der Waals surface area contributed by atoms with E-state index in [0.29, 0.717) is 12.3 Å². The van der Waals surface area contributed by atoms with Crippen LogP contribution in [0.5, 0.6) is 0 Å². The fraction of sp³-hybridized carbons (Fsp3) is 0.407. The van der Waals surface area contributed by atoms with Crippen LogP contribution in [0.4, 0.5) is 4.39 Å². The molecule has 1 unspecified atom stereocenters. The lowest BCUT2D eigenvalue weighted by atomic mass is 9.81. The van der Waals surface area contributed by atoms with Crippen LogP contribution >= 0.6 is 0 Å². The van der Waals surface area contributed by atoms with Gasteiger partial charge in [0.2, 0.25) is 0 Å². The van der Waals surface area contributed by atoms with Gasteiger partial charge < -0.3 is 9.90 Å². The van der Waals surface area contributed by atoms with Crippen LogP contribution in [0.1, 0.15) is 39.5 Å². The van der Waals surface area contributed by atoms with Crippen LogP contribution in [-0.4, -0.2) is 24.8 Å². The van der Waals surface area contributed by atoms with Gasteiger partial charge in [0.1, 0.15) is 5.83 Å². The van der Waals surface area contributed by atoms with Crippen LogP contribution in [0.25, 0.3) is 0 Å². The van der Waals surface area contributed by atoms with Crippen molar-refractivity contribution < 1.29 is 14.3 Å². The summed E-state index contributed by atoms with van der Waals surface area (Å²) < 4.78 is 13.4. The van der Waals surface area contributed by atoms with Crippen LogP contribution in [0.2, 0.25) is 5.04 Å². The van der Waals surface area contributed by atoms with E-state index in [2.05, 4.69) is 38.1 Å². The van der Waals surface area contributed by atoms with Crippen LogP contribution < -0.4 is 10.4 Å². The van der Waals surface area contributed by atoms with Crippen molar-refractivity contribution in [3.8, 4) is 0 Å². The Morgan fingerprint density at radius 1 is 1.03 bits per heavy atom. The molecule has 0 amide bonds. The van der Waals surface area contributed by atoms with E-state index >= 15 is 0 Å². The zero-order valence-electron chi connectivity index (χ0n) is 18.5. The third-order valence-electron chi connectivity index (χ3n) is 7.85. The summed E-state index contributed by atoms with van der Waals surface area (Å²) >= 11 is 0. The first-order valence-corrected chi connectivity index (χ1v) is 13.3. The minimum atomic E-state index is -3.01. The number of rotatable bonds is 8. The summed E-state index contributed by atoms with van der Waals surface area (Å²) in [4.78, 5) is 12.3. The van der Waals surface area contributed by atoms with Crippen molar-refractivity contribution >= 4 is 18.7 Å². The highest BCUT2D eigenvalue weighted by Crippen LogP contribution is 2.62. The van der Waals surface area contributed by atoms with Gasteiger partial charge in [0.15, 0.2) is 0 Å². The van der Waals surface area contributed by atoms with Gasteiger partial charge in [0.25, 0.3) is 8.32 Å². The van der Waals surface area contributed by atoms with Gasteiger partial charge in [-0.3, -0.25) is 0 Å². The normalized spacial score (nSPS) is 25.9. The highest BCUT2D eigenvalue weighted by Gasteiger charge is 2.58. The number of hydrogen-bond acceptors (Lipinski definition) is 2. The molecular weight excluding hydrogens is 403 g/mol. The maximum Gasteiger partial charge on any atom is 0.258 e. The standard InChI is InChI=1S/C27H33FO2Si/c1-26(2,18-17-22-19-27(22,20-29)21-13-15-23(28)16-14-21)31(30,24-9-5-3-6-10-24)25-11-7-4-8-12-25/h3-13,15-16,21-22,29-30H,14,17-20H2,1-2H3/t21?,22-,27-/m1/s1. The summed E-state index contributed by atoms with van der Waals surface area (Å²) in [7, 11) is -3.01. The Morgan fingerprint density at radius 3 is 2.10 bits per heavy atom. The fourth-order valence-electron chi connectivity index (χ4n) is 5.60. The van der Waals surface area contributed by atoms with E-state index < -0.39 is 8.32 Å². The van der Waals surface area contributed by atoms with E-state index in [9.17, 15) is 14.3 Å². The Kier molecular flexibility index (Phi) is 6.08. The third-order valence-corrected chi connectivity index (χ3v) is 12.4. The number of aliphatic hydroxyl groups excluding tert-OH is 1. The average molecular weight is 437 g/mol. The third kappa shape index (κ3) is 3.97. The second kappa shape index (κ2) is 8.49. The molecule has 0 spiro atoms. The lowest BCUT2D eigenvalue weighted by Crippen LogP contribution is -2.65. The summed E-state index contributed by atoms with van der Waals surface area (Å²) in [6.07, 6.45) is 8.59. The first kappa shape index (κ1) is 22.2. The van der Waals surface area contributed by atoms with Crippen LogP contribution in [0.15, 0.2) is 84.7 Å². The lowest BCUT2D eigenvalue weighted by molar-refractivity contribution is 0.157. The summed E-state index contributed by atoms with van der Waals surface area (Å²) in [5.74, 6) is 0.430. The Labute approximate surface area is 186 Å². The number of halogens is 1. The van der Waals surface area contributed by atoms with Crippen molar-refractivity contribution in [1.82, 2.24) is 0 Å². The van der Waals surface area contributed by atoms with Crippen molar-refractivity contribution in [1.29, 1.82) is 0 Å². The van der Waals surface area contributed by atoms with Gasteiger partial charge in [-0.1, -0.05) is 80.6 Å². The predicted octanol–water partition coefficient (Wildman–Crippen LogP) is 4.73. The van der Waals surface area contributed by atoms with Crippen molar-refractivity contribution in [3.05, 3.63) is 84.7 Å². The van der Waals surface area contributed by atoms with Gasteiger partial charge in [-0.2, -0.15) is 0 Å². The second-order valence-corrected chi connectivity index (χ2v) is 13.9. The quantitative estimate of drug-likeness (QED) is 0.588. The Balaban J connectivity index is 1.55. The highest BCUT2D eigenvalue weighted by molar-refractivity contribution is 6.98. The Hall–Kier alpha value is -2.01. The maximum atomic E-state index is 13.4. The van der Waals surface area contributed by atoms with E-state index in [1.165, 1.54) is 0 Å². The zero-order chi connectivity index (χ0) is 22.1. The molecule has 0 aromatic heterocycles. The Bertz CT molecular complexity index is 914. The van der Waals surface area contributed by atoms with E-state index in [0.717, 1.165) is 29.6 Å². The van der Waals surface area contributed by atoms with Crippen molar-refractivity contribution in [2.24, 2.45) is 17.3 Å². The molecular formula is C27H33FO2Si. The van der Waals surface area contributed by atoms with Crippen LogP contribution in [0, 0.1) is 17.3 Å². The van der Waals surface area contributed by atoms with E-state index in [1.807, 2.05) is 42.5 Å². The van der Waals surface area contributed by atoms with Crippen LogP contribution in [-0.2, 0) is 0 Å². The number of benzene rings is 2. The highest BCUT2D eigenvalue weighted by atomic mass is 28.4. The summed E-state index contributed by atoms with van der Waals surface area (Å²) in [6, 6.07) is 20.2.